The van der Waals surface area contributed by atoms with Crippen molar-refractivity contribution in [3.05, 3.63) is 71.5 Å². The highest BCUT2D eigenvalue weighted by Gasteiger charge is 2.37. The molecule has 150 valence electrons. The number of aryl methyl sites for hydroxylation is 1. The Morgan fingerprint density at radius 2 is 1.93 bits per heavy atom. The van der Waals surface area contributed by atoms with Crippen LogP contribution in [0.1, 0.15) is 29.9 Å². The molecular formula is C21H23N5O2S. The van der Waals surface area contributed by atoms with Crippen molar-refractivity contribution in [1.82, 2.24) is 20.2 Å². The van der Waals surface area contributed by atoms with Gasteiger partial charge in [-0.05, 0) is 37.1 Å². The van der Waals surface area contributed by atoms with Gasteiger partial charge in [-0.3, -0.25) is 4.79 Å². The minimum Gasteiger partial charge on any atom is -0.494 e. The highest BCUT2D eigenvalue weighted by atomic mass is 32.2. The van der Waals surface area contributed by atoms with Gasteiger partial charge in [0.25, 0.3) is 0 Å². The molecule has 0 spiro atoms. The number of nitrogens with one attached hydrogen (secondary N) is 2. The Hall–Kier alpha value is -3.00. The van der Waals surface area contributed by atoms with Crippen LogP contribution < -0.4 is 15.5 Å². The van der Waals surface area contributed by atoms with Gasteiger partial charge in [-0.15, -0.1) is 10.2 Å². The standard InChI is InChI=1S/C21H23N5O2S/c1-3-28-17-11-9-16(10-12-17)18-19(29-21-24-23-14(2)26(21)25-18)20(27)22-13-15-7-5-4-6-8-15/h4-12,18-19,25H,3,13H2,1-2H3,(H,22,27)/t18-,19+/m1/s1. The summed E-state index contributed by atoms with van der Waals surface area (Å²) in [5, 5.41) is 11.7. The van der Waals surface area contributed by atoms with Crippen LogP contribution in [0.15, 0.2) is 59.8 Å². The summed E-state index contributed by atoms with van der Waals surface area (Å²) < 4.78 is 7.38. The lowest BCUT2D eigenvalue weighted by molar-refractivity contribution is -0.121. The van der Waals surface area contributed by atoms with Crippen LogP contribution in [0.5, 0.6) is 5.75 Å². The van der Waals surface area contributed by atoms with Crippen molar-refractivity contribution in [3.63, 3.8) is 0 Å². The molecule has 2 N–H and O–H groups in total. The van der Waals surface area contributed by atoms with Gasteiger partial charge >= 0.3 is 0 Å². The lowest BCUT2D eigenvalue weighted by atomic mass is 10.0. The van der Waals surface area contributed by atoms with E-state index < -0.39 is 0 Å². The average Bonchev–Trinajstić information content (AvgIpc) is 3.12. The van der Waals surface area contributed by atoms with E-state index in [1.54, 1.807) is 0 Å². The molecule has 8 heteroatoms. The zero-order valence-corrected chi connectivity index (χ0v) is 17.1. The van der Waals surface area contributed by atoms with E-state index in [-0.39, 0.29) is 17.2 Å². The van der Waals surface area contributed by atoms with Gasteiger partial charge in [0.15, 0.2) is 0 Å². The monoisotopic (exact) mass is 409 g/mol. The number of aromatic nitrogens is 3. The number of hydrogen-bond acceptors (Lipinski definition) is 6. The van der Waals surface area contributed by atoms with Gasteiger partial charge < -0.3 is 15.5 Å². The number of carbonyl (C=O) groups excluding carboxylic acids is 1. The van der Waals surface area contributed by atoms with E-state index in [0.29, 0.717) is 18.3 Å². The second-order valence-electron chi connectivity index (χ2n) is 6.72. The molecule has 7 nitrogen and oxygen atoms in total. The Kier molecular flexibility index (Phi) is 5.71. The Morgan fingerprint density at radius 3 is 2.66 bits per heavy atom. The smallest absolute Gasteiger partial charge is 0.236 e. The van der Waals surface area contributed by atoms with Gasteiger partial charge in [0.2, 0.25) is 11.1 Å². The molecule has 3 aromatic rings. The molecular weight excluding hydrogens is 386 g/mol. The molecule has 0 aliphatic carbocycles. The molecule has 1 aromatic heterocycles. The van der Waals surface area contributed by atoms with E-state index in [0.717, 1.165) is 22.7 Å². The summed E-state index contributed by atoms with van der Waals surface area (Å²) in [4.78, 5) is 13.1. The van der Waals surface area contributed by atoms with Crippen LogP contribution in [-0.4, -0.2) is 32.6 Å². The lowest BCUT2D eigenvalue weighted by Gasteiger charge is -2.32. The fourth-order valence-corrected chi connectivity index (χ4v) is 4.38. The zero-order valence-electron chi connectivity index (χ0n) is 16.3. The molecule has 1 amide bonds. The first-order valence-electron chi connectivity index (χ1n) is 9.55. The number of carbonyl (C=O) groups is 1. The number of rotatable bonds is 6. The van der Waals surface area contributed by atoms with Crippen molar-refractivity contribution in [2.75, 3.05) is 12.0 Å². The molecule has 1 aliphatic rings. The van der Waals surface area contributed by atoms with Crippen molar-refractivity contribution >= 4 is 17.7 Å². The fraction of sp³-hybridized carbons (Fsp3) is 0.286. The fourth-order valence-electron chi connectivity index (χ4n) is 3.23. The summed E-state index contributed by atoms with van der Waals surface area (Å²) in [7, 11) is 0. The van der Waals surface area contributed by atoms with E-state index in [4.69, 9.17) is 4.74 Å². The minimum atomic E-state index is -0.382. The van der Waals surface area contributed by atoms with Gasteiger partial charge in [0, 0.05) is 6.54 Å². The van der Waals surface area contributed by atoms with Gasteiger partial charge in [-0.1, -0.05) is 54.2 Å². The Bertz CT molecular complexity index is 974. The summed E-state index contributed by atoms with van der Waals surface area (Å²) in [6.07, 6.45) is 0. The molecule has 4 rings (SSSR count). The van der Waals surface area contributed by atoms with Gasteiger partial charge in [-0.25, -0.2) is 4.68 Å². The summed E-state index contributed by atoms with van der Waals surface area (Å²) in [6, 6.07) is 17.5. The molecule has 0 fully saturated rings. The largest absolute Gasteiger partial charge is 0.494 e. The molecule has 1 aliphatic heterocycles. The first-order valence-corrected chi connectivity index (χ1v) is 10.4. The van der Waals surface area contributed by atoms with Crippen LogP contribution >= 0.6 is 11.8 Å². The van der Waals surface area contributed by atoms with E-state index in [1.807, 2.05) is 73.1 Å². The van der Waals surface area contributed by atoms with Crippen molar-refractivity contribution in [2.45, 2.75) is 36.8 Å². The molecule has 0 saturated heterocycles. The molecule has 0 unspecified atom stereocenters. The number of amides is 1. The van der Waals surface area contributed by atoms with Gasteiger partial charge in [0.1, 0.15) is 16.8 Å². The number of nitrogens with zero attached hydrogens (tertiary/aromatic N) is 3. The van der Waals surface area contributed by atoms with Crippen LogP contribution in [0, 0.1) is 6.92 Å². The summed E-state index contributed by atoms with van der Waals surface area (Å²) in [6.45, 7) is 4.94. The second kappa shape index (κ2) is 8.57. The molecule has 0 saturated carbocycles. The summed E-state index contributed by atoms with van der Waals surface area (Å²) in [5.41, 5.74) is 5.47. The van der Waals surface area contributed by atoms with E-state index in [9.17, 15) is 4.79 Å². The zero-order chi connectivity index (χ0) is 20.2. The highest BCUT2D eigenvalue weighted by molar-refractivity contribution is 8.00. The van der Waals surface area contributed by atoms with Crippen LogP contribution in [0.4, 0.5) is 0 Å². The maximum atomic E-state index is 13.1. The molecule has 0 bridgehead atoms. The third-order valence-electron chi connectivity index (χ3n) is 4.72. The normalized spacial score (nSPS) is 17.9. The lowest BCUT2D eigenvalue weighted by Crippen LogP contribution is -2.44. The van der Waals surface area contributed by atoms with Crippen molar-refractivity contribution in [3.8, 4) is 5.75 Å². The molecule has 2 aromatic carbocycles. The molecule has 2 heterocycles. The number of ether oxygens (including phenoxy) is 1. The number of thioether (sulfide) groups is 1. The predicted octanol–water partition coefficient (Wildman–Crippen LogP) is 3.06. The van der Waals surface area contributed by atoms with Crippen molar-refractivity contribution < 1.29 is 9.53 Å². The number of fused-ring (bicyclic) bond motifs is 1. The molecule has 29 heavy (non-hydrogen) atoms. The van der Waals surface area contributed by atoms with Crippen molar-refractivity contribution in [2.24, 2.45) is 0 Å². The van der Waals surface area contributed by atoms with Gasteiger partial charge in [-0.2, -0.15) is 0 Å². The maximum Gasteiger partial charge on any atom is 0.236 e. The van der Waals surface area contributed by atoms with E-state index in [2.05, 4.69) is 20.9 Å². The highest BCUT2D eigenvalue weighted by Crippen LogP contribution is 2.37. The maximum absolute atomic E-state index is 13.1. The van der Waals surface area contributed by atoms with Crippen LogP contribution in [-0.2, 0) is 11.3 Å². The van der Waals surface area contributed by atoms with E-state index >= 15 is 0 Å². The first kappa shape index (κ1) is 19.3. The van der Waals surface area contributed by atoms with Crippen molar-refractivity contribution in [1.29, 1.82) is 0 Å². The second-order valence-corrected chi connectivity index (χ2v) is 7.82. The molecule has 2 atom stereocenters. The Morgan fingerprint density at radius 1 is 1.17 bits per heavy atom. The van der Waals surface area contributed by atoms with Crippen LogP contribution in [0.2, 0.25) is 0 Å². The Balaban J connectivity index is 1.57. The predicted molar refractivity (Wildman–Crippen MR) is 112 cm³/mol. The number of benzene rings is 2. The SMILES string of the molecule is CCOc1ccc([C@H]2Nn3c(C)nnc3S[C@@H]2C(=O)NCc2ccccc2)cc1. The van der Waals surface area contributed by atoms with Crippen LogP contribution in [0.3, 0.4) is 0 Å². The number of hydrogen-bond donors (Lipinski definition) is 2. The average molecular weight is 410 g/mol. The Labute approximate surface area is 173 Å². The van der Waals surface area contributed by atoms with E-state index in [1.165, 1.54) is 11.8 Å². The van der Waals surface area contributed by atoms with Gasteiger partial charge in [0.05, 0.1) is 12.6 Å². The topological polar surface area (TPSA) is 81.1 Å². The first-order chi connectivity index (χ1) is 14.2. The van der Waals surface area contributed by atoms with Crippen LogP contribution in [0.25, 0.3) is 0 Å². The summed E-state index contributed by atoms with van der Waals surface area (Å²) >= 11 is 1.42. The quantitative estimate of drug-likeness (QED) is 0.651. The summed E-state index contributed by atoms with van der Waals surface area (Å²) in [5.74, 6) is 1.52. The third kappa shape index (κ3) is 4.22. The third-order valence-corrected chi connectivity index (χ3v) is 5.93. The molecule has 0 radical (unpaired) electrons. The minimum absolute atomic E-state index is 0.0443.